The molecule has 0 spiro atoms. The van der Waals surface area contributed by atoms with Gasteiger partial charge in [-0.3, -0.25) is 0 Å². The molecule has 2 amide bonds. The third-order valence-corrected chi connectivity index (χ3v) is 4.11. The van der Waals surface area contributed by atoms with Crippen LogP contribution in [-0.4, -0.2) is 12.6 Å². The van der Waals surface area contributed by atoms with Crippen LogP contribution in [0.15, 0.2) is 59.2 Å². The molecule has 0 unspecified atom stereocenters. The number of hydrogen-bond donors (Lipinski definition) is 2. The number of nitriles is 1. The molecule has 0 atom stereocenters. The zero-order chi connectivity index (χ0) is 20.1. The van der Waals surface area contributed by atoms with E-state index in [9.17, 15) is 4.79 Å². The number of rotatable bonds is 9. The maximum Gasteiger partial charge on any atom is 0.319 e. The van der Waals surface area contributed by atoms with Crippen LogP contribution < -0.4 is 10.6 Å². The van der Waals surface area contributed by atoms with E-state index < -0.39 is 0 Å². The molecule has 0 saturated carbocycles. The molecule has 0 saturated heterocycles. The monoisotopic (exact) mass is 365 g/mol. The van der Waals surface area contributed by atoms with Gasteiger partial charge in [-0.05, 0) is 77.6 Å². The van der Waals surface area contributed by atoms with E-state index in [0.717, 1.165) is 25.7 Å². The van der Waals surface area contributed by atoms with Crippen molar-refractivity contribution in [2.45, 2.75) is 53.4 Å². The summed E-state index contributed by atoms with van der Waals surface area (Å²) in [6.07, 6.45) is 10.9. The zero-order valence-electron chi connectivity index (χ0n) is 16.9. The van der Waals surface area contributed by atoms with E-state index in [4.69, 9.17) is 5.26 Å². The summed E-state index contributed by atoms with van der Waals surface area (Å²) in [5.41, 5.74) is 5.31. The summed E-state index contributed by atoms with van der Waals surface area (Å²) in [5.74, 6) is 0. The van der Waals surface area contributed by atoms with Crippen LogP contribution in [0.25, 0.3) is 0 Å². The van der Waals surface area contributed by atoms with E-state index >= 15 is 0 Å². The van der Waals surface area contributed by atoms with Crippen LogP contribution in [-0.2, 0) is 0 Å². The van der Waals surface area contributed by atoms with E-state index in [1.54, 1.807) is 24.3 Å². The molecule has 1 rings (SSSR count). The van der Waals surface area contributed by atoms with Crippen molar-refractivity contribution < 1.29 is 4.79 Å². The molecule has 0 heterocycles. The first-order valence-electron chi connectivity index (χ1n) is 9.40. The molecular weight excluding hydrogens is 334 g/mol. The van der Waals surface area contributed by atoms with Gasteiger partial charge in [0.15, 0.2) is 0 Å². The number of urea groups is 1. The van der Waals surface area contributed by atoms with Gasteiger partial charge in [0.25, 0.3) is 0 Å². The first kappa shape index (κ1) is 22.2. The quantitative estimate of drug-likeness (QED) is 0.519. The first-order chi connectivity index (χ1) is 12.9. The van der Waals surface area contributed by atoms with Gasteiger partial charge in [-0.1, -0.05) is 34.9 Å². The smallest absolute Gasteiger partial charge is 0.319 e. The van der Waals surface area contributed by atoms with Gasteiger partial charge in [-0.15, -0.1) is 0 Å². The molecular formula is C23H31N3O. The van der Waals surface area contributed by atoms with Crippen molar-refractivity contribution in [2.24, 2.45) is 0 Å². The number of nitrogens with one attached hydrogen (secondary N) is 2. The topological polar surface area (TPSA) is 64.9 Å². The number of nitrogens with zero attached hydrogens (tertiary/aromatic N) is 1. The molecule has 0 aliphatic heterocycles. The largest absolute Gasteiger partial charge is 0.334 e. The number of hydrogen-bond acceptors (Lipinski definition) is 2. The first-order valence-corrected chi connectivity index (χ1v) is 9.40. The van der Waals surface area contributed by atoms with Gasteiger partial charge in [0.1, 0.15) is 0 Å². The van der Waals surface area contributed by atoms with Gasteiger partial charge < -0.3 is 10.6 Å². The van der Waals surface area contributed by atoms with E-state index in [1.165, 1.54) is 16.7 Å². The number of amides is 2. The number of carbonyl (C=O) groups excluding carboxylic acids is 1. The SMILES string of the molecule is CC(C)=CCC/C(C)=C/CC/C(C)=C/CNC(=O)Nc1ccc(C#N)cc1. The van der Waals surface area contributed by atoms with Crippen LogP contribution in [0.3, 0.4) is 0 Å². The maximum atomic E-state index is 11.9. The van der Waals surface area contributed by atoms with E-state index in [-0.39, 0.29) is 6.03 Å². The van der Waals surface area contributed by atoms with Gasteiger partial charge in [-0.2, -0.15) is 5.26 Å². The fourth-order valence-electron chi connectivity index (χ4n) is 2.46. The van der Waals surface area contributed by atoms with Crippen molar-refractivity contribution in [3.05, 3.63) is 64.8 Å². The predicted octanol–water partition coefficient (Wildman–Crippen LogP) is 6.10. The predicted molar refractivity (Wildman–Crippen MR) is 114 cm³/mol. The Morgan fingerprint density at radius 1 is 0.963 bits per heavy atom. The molecule has 1 aromatic carbocycles. The van der Waals surface area contributed by atoms with Crippen molar-refractivity contribution >= 4 is 11.7 Å². The van der Waals surface area contributed by atoms with Gasteiger partial charge in [0, 0.05) is 12.2 Å². The lowest BCUT2D eigenvalue weighted by atomic mass is 10.1. The average molecular weight is 366 g/mol. The van der Waals surface area contributed by atoms with Crippen LogP contribution in [0.5, 0.6) is 0 Å². The Morgan fingerprint density at radius 2 is 1.56 bits per heavy atom. The van der Waals surface area contributed by atoms with Gasteiger partial charge in [0.2, 0.25) is 0 Å². The molecule has 4 nitrogen and oxygen atoms in total. The molecule has 144 valence electrons. The lowest BCUT2D eigenvalue weighted by Gasteiger charge is -2.06. The van der Waals surface area contributed by atoms with E-state index in [2.05, 4.69) is 50.5 Å². The molecule has 2 N–H and O–H groups in total. The fourth-order valence-corrected chi connectivity index (χ4v) is 2.46. The minimum atomic E-state index is -0.251. The van der Waals surface area contributed by atoms with Gasteiger partial charge in [0.05, 0.1) is 11.6 Å². The fraction of sp³-hybridized carbons (Fsp3) is 0.391. The number of anilines is 1. The number of benzene rings is 1. The Hall–Kier alpha value is -2.80. The second kappa shape index (κ2) is 12.5. The second-order valence-electron chi connectivity index (χ2n) is 6.98. The minimum absolute atomic E-state index is 0.251. The van der Waals surface area contributed by atoms with Gasteiger partial charge in [-0.25, -0.2) is 4.79 Å². The summed E-state index contributed by atoms with van der Waals surface area (Å²) >= 11 is 0. The maximum absolute atomic E-state index is 11.9. The van der Waals surface area contributed by atoms with Crippen LogP contribution in [0.1, 0.15) is 58.9 Å². The van der Waals surface area contributed by atoms with Crippen molar-refractivity contribution in [3.63, 3.8) is 0 Å². The van der Waals surface area contributed by atoms with Crippen LogP contribution in [0.4, 0.5) is 10.5 Å². The lowest BCUT2D eigenvalue weighted by Crippen LogP contribution is -2.28. The highest BCUT2D eigenvalue weighted by atomic mass is 16.2. The third-order valence-electron chi connectivity index (χ3n) is 4.11. The number of allylic oxidation sites excluding steroid dienone is 5. The molecule has 0 radical (unpaired) electrons. The molecule has 0 bridgehead atoms. The van der Waals surface area contributed by atoms with Crippen molar-refractivity contribution in [3.8, 4) is 6.07 Å². The lowest BCUT2D eigenvalue weighted by molar-refractivity contribution is 0.253. The Labute approximate surface area is 163 Å². The Bertz CT molecular complexity index is 730. The second-order valence-corrected chi connectivity index (χ2v) is 6.98. The van der Waals surface area contributed by atoms with Crippen molar-refractivity contribution in [2.75, 3.05) is 11.9 Å². The molecule has 1 aromatic rings. The summed E-state index contributed by atoms with van der Waals surface area (Å²) in [4.78, 5) is 11.9. The summed E-state index contributed by atoms with van der Waals surface area (Å²) in [7, 11) is 0. The average Bonchev–Trinajstić information content (AvgIpc) is 2.62. The normalized spacial score (nSPS) is 11.5. The Kier molecular flexibility index (Phi) is 10.3. The summed E-state index contributed by atoms with van der Waals surface area (Å²) in [6, 6.07) is 8.58. The number of carbonyl (C=O) groups is 1. The van der Waals surface area contributed by atoms with Gasteiger partial charge >= 0.3 is 6.03 Å². The van der Waals surface area contributed by atoms with E-state index in [0.29, 0.717) is 17.8 Å². The van der Waals surface area contributed by atoms with Crippen molar-refractivity contribution in [1.29, 1.82) is 5.26 Å². The highest BCUT2D eigenvalue weighted by Crippen LogP contribution is 2.11. The molecule has 0 fully saturated rings. The van der Waals surface area contributed by atoms with E-state index in [1.807, 2.05) is 12.1 Å². The third kappa shape index (κ3) is 10.7. The molecule has 0 aliphatic rings. The highest BCUT2D eigenvalue weighted by molar-refractivity contribution is 5.89. The van der Waals surface area contributed by atoms with Crippen molar-refractivity contribution in [1.82, 2.24) is 5.32 Å². The molecule has 0 aliphatic carbocycles. The minimum Gasteiger partial charge on any atom is -0.334 e. The molecule has 4 heteroatoms. The Morgan fingerprint density at radius 3 is 2.15 bits per heavy atom. The highest BCUT2D eigenvalue weighted by Gasteiger charge is 2.00. The molecule has 27 heavy (non-hydrogen) atoms. The molecule has 0 aromatic heterocycles. The summed E-state index contributed by atoms with van der Waals surface area (Å²) in [6.45, 7) is 9.04. The van der Waals surface area contributed by atoms with Crippen LogP contribution in [0.2, 0.25) is 0 Å². The summed E-state index contributed by atoms with van der Waals surface area (Å²) < 4.78 is 0. The summed E-state index contributed by atoms with van der Waals surface area (Å²) in [5, 5.41) is 14.3. The standard InChI is InChI=1S/C23H31N3O/c1-18(2)7-5-8-19(3)9-6-10-20(4)15-16-25-23(27)26-22-13-11-21(17-24)12-14-22/h7,9,11-15H,5-6,8,10,16H2,1-4H3,(H2,25,26,27)/b19-9+,20-15+. The Balaban J connectivity index is 2.28. The van der Waals surface area contributed by atoms with Crippen LogP contribution >= 0.6 is 0 Å². The van der Waals surface area contributed by atoms with Crippen LogP contribution in [0, 0.1) is 11.3 Å². The zero-order valence-corrected chi connectivity index (χ0v) is 16.9.